The van der Waals surface area contributed by atoms with E-state index in [4.69, 9.17) is 4.74 Å². The minimum Gasteiger partial charge on any atom is -0.497 e. The molecule has 0 amide bonds. The number of thiophene rings is 1. The number of fused-ring (bicyclic) bond motifs is 1. The Balaban J connectivity index is 1.30. The number of unbranched alkanes of at least 4 members (excludes halogenated alkanes) is 1. The third kappa shape index (κ3) is 6.60. The Kier molecular flexibility index (Phi) is 8.76. The first-order valence-corrected chi connectivity index (χ1v) is 13.4. The van der Waals surface area contributed by atoms with Crippen LogP contribution in [0.2, 0.25) is 0 Å². The van der Waals surface area contributed by atoms with Crippen LogP contribution in [-0.2, 0) is 11.2 Å². The Labute approximate surface area is 211 Å². The molecule has 35 heavy (non-hydrogen) atoms. The van der Waals surface area contributed by atoms with E-state index in [9.17, 15) is 15.0 Å². The molecule has 1 saturated heterocycles. The van der Waals surface area contributed by atoms with Crippen molar-refractivity contribution < 1.29 is 19.7 Å². The summed E-state index contributed by atoms with van der Waals surface area (Å²) in [6.45, 7) is 4.62. The molecular formula is C28H36N2O4S. The van der Waals surface area contributed by atoms with E-state index in [1.54, 1.807) is 13.3 Å². The number of benzene rings is 1. The van der Waals surface area contributed by atoms with Gasteiger partial charge in [-0.1, -0.05) is 0 Å². The SMILES string of the molecule is COc1ccc2nccc([C@@H](O)CC[C@@H]3CCN(CCCCc4ccc(C)s4)C[C@@H]3C(=O)O)c2c1. The standard InChI is InChI=1S/C28H36N2O4S/c1-19-6-9-22(35-19)5-3-4-15-30-16-13-20(25(18-30)28(32)33)7-11-27(31)23-12-14-29-26-10-8-21(34-2)17-24(23)26/h6,8-10,12,14,17,20,25,27,31H,3-5,7,11,13,15-16,18H2,1-2H3,(H,32,33)/t20-,25+,27+/m1/s1. The molecule has 2 N–H and O–H groups in total. The topological polar surface area (TPSA) is 82.9 Å². The molecule has 0 saturated carbocycles. The molecule has 0 unspecified atom stereocenters. The van der Waals surface area contributed by atoms with Gasteiger partial charge in [-0.2, -0.15) is 0 Å². The molecule has 188 valence electrons. The van der Waals surface area contributed by atoms with Crippen molar-refractivity contribution in [3.05, 3.63) is 57.9 Å². The molecule has 3 heterocycles. The van der Waals surface area contributed by atoms with Crippen molar-refractivity contribution in [1.29, 1.82) is 0 Å². The Morgan fingerprint density at radius 2 is 2.11 bits per heavy atom. The van der Waals surface area contributed by atoms with E-state index in [2.05, 4.69) is 28.9 Å². The highest BCUT2D eigenvalue weighted by Gasteiger charge is 2.34. The number of ether oxygens (including phenoxy) is 1. The number of aromatic nitrogens is 1. The third-order valence-electron chi connectivity index (χ3n) is 7.25. The predicted octanol–water partition coefficient (Wildman–Crippen LogP) is 5.47. The Morgan fingerprint density at radius 3 is 2.86 bits per heavy atom. The van der Waals surface area contributed by atoms with E-state index in [0.717, 1.165) is 61.0 Å². The monoisotopic (exact) mass is 496 g/mol. The summed E-state index contributed by atoms with van der Waals surface area (Å²) in [6, 6.07) is 11.9. The van der Waals surface area contributed by atoms with E-state index in [1.165, 1.54) is 9.75 Å². The molecule has 6 nitrogen and oxygen atoms in total. The number of likely N-dealkylation sites (tertiary alicyclic amines) is 1. The van der Waals surface area contributed by atoms with Crippen LogP contribution in [0.15, 0.2) is 42.6 Å². The van der Waals surface area contributed by atoms with Gasteiger partial charge in [0.25, 0.3) is 0 Å². The normalized spacial score (nSPS) is 19.6. The van der Waals surface area contributed by atoms with Crippen molar-refractivity contribution in [3.8, 4) is 5.75 Å². The van der Waals surface area contributed by atoms with E-state index in [-0.39, 0.29) is 11.8 Å². The minimum absolute atomic E-state index is 0.0788. The molecule has 3 atom stereocenters. The second-order valence-electron chi connectivity index (χ2n) is 9.64. The van der Waals surface area contributed by atoms with Crippen molar-refractivity contribution in [3.63, 3.8) is 0 Å². The first kappa shape index (κ1) is 25.6. The van der Waals surface area contributed by atoms with Gasteiger partial charge >= 0.3 is 5.97 Å². The maximum Gasteiger partial charge on any atom is 0.308 e. The molecule has 7 heteroatoms. The van der Waals surface area contributed by atoms with Gasteiger partial charge in [0.1, 0.15) is 5.75 Å². The van der Waals surface area contributed by atoms with Gasteiger partial charge in [-0.25, -0.2) is 0 Å². The quantitative estimate of drug-likeness (QED) is 0.343. The van der Waals surface area contributed by atoms with Crippen molar-refractivity contribution in [1.82, 2.24) is 9.88 Å². The molecule has 1 fully saturated rings. The fourth-order valence-corrected chi connectivity index (χ4v) is 6.17. The van der Waals surface area contributed by atoms with Crippen LogP contribution in [0.4, 0.5) is 0 Å². The summed E-state index contributed by atoms with van der Waals surface area (Å²) in [7, 11) is 1.62. The maximum absolute atomic E-state index is 12.1. The van der Waals surface area contributed by atoms with Gasteiger partial charge in [-0.15, -0.1) is 11.3 Å². The van der Waals surface area contributed by atoms with Crippen molar-refractivity contribution in [2.75, 3.05) is 26.7 Å². The summed E-state index contributed by atoms with van der Waals surface area (Å²) in [5.74, 6) is -0.301. The number of pyridine rings is 1. The summed E-state index contributed by atoms with van der Waals surface area (Å²) >= 11 is 1.87. The fourth-order valence-electron chi connectivity index (χ4n) is 5.24. The predicted molar refractivity (Wildman–Crippen MR) is 140 cm³/mol. The average molecular weight is 497 g/mol. The van der Waals surface area contributed by atoms with Gasteiger partial charge in [0.2, 0.25) is 0 Å². The molecule has 1 aromatic carbocycles. The lowest BCUT2D eigenvalue weighted by molar-refractivity contribution is -0.146. The molecule has 0 bridgehead atoms. The summed E-state index contributed by atoms with van der Waals surface area (Å²) in [4.78, 5) is 21.6. The molecule has 0 radical (unpaired) electrons. The number of carbonyl (C=O) groups is 1. The van der Waals surface area contributed by atoms with Gasteiger partial charge in [-0.05, 0) is 106 Å². The van der Waals surface area contributed by atoms with Gasteiger partial charge in [0.05, 0.1) is 24.6 Å². The van der Waals surface area contributed by atoms with Crippen LogP contribution in [-0.4, -0.2) is 52.8 Å². The first-order chi connectivity index (χ1) is 16.9. The van der Waals surface area contributed by atoms with Crippen LogP contribution in [0.25, 0.3) is 10.9 Å². The Hall–Kier alpha value is -2.48. The van der Waals surface area contributed by atoms with Gasteiger partial charge in [0.15, 0.2) is 0 Å². The number of aliphatic hydroxyl groups is 1. The Bertz CT molecular complexity index is 1130. The molecular weight excluding hydrogens is 460 g/mol. The molecule has 2 aromatic heterocycles. The lowest BCUT2D eigenvalue weighted by Gasteiger charge is -2.37. The highest BCUT2D eigenvalue weighted by molar-refractivity contribution is 7.11. The smallest absolute Gasteiger partial charge is 0.308 e. The van der Waals surface area contributed by atoms with Crippen LogP contribution >= 0.6 is 11.3 Å². The molecule has 0 spiro atoms. The number of aliphatic hydroxyl groups excluding tert-OH is 1. The van der Waals surface area contributed by atoms with Crippen LogP contribution in [0.3, 0.4) is 0 Å². The number of hydrogen-bond donors (Lipinski definition) is 2. The second-order valence-corrected chi connectivity index (χ2v) is 11.0. The molecule has 3 aromatic rings. The van der Waals surface area contributed by atoms with Crippen molar-refractivity contribution >= 4 is 28.2 Å². The van der Waals surface area contributed by atoms with E-state index in [0.29, 0.717) is 19.4 Å². The lowest BCUT2D eigenvalue weighted by atomic mass is 9.81. The molecule has 0 aliphatic carbocycles. The van der Waals surface area contributed by atoms with Gasteiger partial charge in [0, 0.05) is 27.9 Å². The number of aliphatic carboxylic acids is 1. The van der Waals surface area contributed by atoms with Gasteiger partial charge in [-0.3, -0.25) is 9.78 Å². The summed E-state index contributed by atoms with van der Waals surface area (Å²) in [5, 5.41) is 21.8. The lowest BCUT2D eigenvalue weighted by Crippen LogP contribution is -2.44. The van der Waals surface area contributed by atoms with Crippen molar-refractivity contribution in [2.45, 2.75) is 51.6 Å². The van der Waals surface area contributed by atoms with Crippen LogP contribution in [0.1, 0.15) is 53.5 Å². The maximum atomic E-state index is 12.1. The number of aryl methyl sites for hydroxylation is 2. The number of carboxylic acids is 1. The zero-order valence-corrected chi connectivity index (χ0v) is 21.5. The van der Waals surface area contributed by atoms with Crippen LogP contribution in [0.5, 0.6) is 5.75 Å². The summed E-state index contributed by atoms with van der Waals surface area (Å²) in [6.07, 6.45) is 6.46. The Morgan fingerprint density at radius 1 is 1.26 bits per heavy atom. The zero-order chi connectivity index (χ0) is 24.8. The summed E-state index contributed by atoms with van der Waals surface area (Å²) in [5.41, 5.74) is 1.63. The highest BCUT2D eigenvalue weighted by atomic mass is 32.1. The zero-order valence-electron chi connectivity index (χ0n) is 20.7. The largest absolute Gasteiger partial charge is 0.497 e. The van der Waals surface area contributed by atoms with Crippen molar-refractivity contribution in [2.24, 2.45) is 11.8 Å². The van der Waals surface area contributed by atoms with E-state index in [1.807, 2.05) is 35.6 Å². The number of rotatable bonds is 11. The van der Waals surface area contributed by atoms with E-state index < -0.39 is 12.1 Å². The fraction of sp³-hybridized carbons (Fsp3) is 0.500. The van der Waals surface area contributed by atoms with E-state index >= 15 is 0 Å². The van der Waals surface area contributed by atoms with Crippen LogP contribution in [0, 0.1) is 18.8 Å². The number of piperidine rings is 1. The second kappa shape index (κ2) is 12.0. The molecule has 1 aliphatic heterocycles. The number of methoxy groups -OCH3 is 1. The van der Waals surface area contributed by atoms with Gasteiger partial charge < -0.3 is 19.8 Å². The molecule has 4 rings (SSSR count). The number of hydrogen-bond acceptors (Lipinski definition) is 6. The summed E-state index contributed by atoms with van der Waals surface area (Å²) < 4.78 is 5.34. The van der Waals surface area contributed by atoms with Crippen LogP contribution < -0.4 is 4.74 Å². The molecule has 1 aliphatic rings. The number of nitrogens with zero attached hydrogens (tertiary/aromatic N) is 2. The number of carboxylic acid groups (broad SMARTS) is 1. The first-order valence-electron chi connectivity index (χ1n) is 12.6. The third-order valence-corrected chi connectivity index (χ3v) is 8.31. The minimum atomic E-state index is -0.720. The average Bonchev–Trinajstić information content (AvgIpc) is 3.29. The highest BCUT2D eigenvalue weighted by Crippen LogP contribution is 2.34.